The number of nitrogens with one attached hydrogen (secondary N) is 2. The molecule has 0 radical (unpaired) electrons. The summed E-state index contributed by atoms with van der Waals surface area (Å²) in [5, 5.41) is 17.5. The Morgan fingerprint density at radius 2 is 1.91 bits per heavy atom. The van der Waals surface area contributed by atoms with Crippen LogP contribution in [-0.4, -0.2) is 65.6 Å². The lowest BCUT2D eigenvalue weighted by atomic mass is 9.82. The lowest BCUT2D eigenvalue weighted by Gasteiger charge is -2.32. The molecule has 2 aromatic rings. The molecule has 0 unspecified atom stereocenters. The van der Waals surface area contributed by atoms with E-state index in [0.717, 1.165) is 80.6 Å². The first-order valence-electron chi connectivity index (χ1n) is 16.5. The zero-order valence-electron chi connectivity index (χ0n) is 27.2. The largest absolute Gasteiger partial charge is 0.458 e. The summed E-state index contributed by atoms with van der Waals surface area (Å²) in [7, 11) is 0. The molecule has 5 rings (SSSR count). The smallest absolute Gasteiger partial charge is 0.338 e. The maximum Gasteiger partial charge on any atom is 0.338 e. The Morgan fingerprint density at radius 3 is 2.58 bits per heavy atom. The monoisotopic (exact) mass is 637 g/mol. The fraction of sp³-hybridized carbons (Fsp3) is 0.657. The van der Waals surface area contributed by atoms with E-state index >= 15 is 0 Å². The molecule has 0 spiro atoms. The van der Waals surface area contributed by atoms with Crippen LogP contribution in [-0.2, 0) is 25.4 Å². The Bertz CT molecular complexity index is 1350. The van der Waals surface area contributed by atoms with Gasteiger partial charge in [0.2, 0.25) is 0 Å². The van der Waals surface area contributed by atoms with Gasteiger partial charge in [-0.2, -0.15) is 5.26 Å². The average Bonchev–Trinajstić information content (AvgIpc) is 3.82. The maximum absolute atomic E-state index is 12.6. The summed E-state index contributed by atoms with van der Waals surface area (Å²) >= 11 is 6.62. The van der Waals surface area contributed by atoms with E-state index in [1.165, 1.54) is 0 Å². The molecule has 2 aliphatic carbocycles. The summed E-state index contributed by atoms with van der Waals surface area (Å²) < 4.78 is 17.1. The molecule has 10 heteroatoms. The van der Waals surface area contributed by atoms with Crippen LogP contribution in [0.4, 0.5) is 5.82 Å². The fourth-order valence-electron chi connectivity index (χ4n) is 6.28. The van der Waals surface area contributed by atoms with E-state index in [1.54, 1.807) is 6.20 Å². The van der Waals surface area contributed by atoms with Gasteiger partial charge in [-0.25, -0.2) is 9.78 Å². The van der Waals surface area contributed by atoms with E-state index in [1.807, 2.05) is 39.0 Å². The highest BCUT2D eigenvalue weighted by Gasteiger charge is 2.54. The van der Waals surface area contributed by atoms with Crippen molar-refractivity contribution in [2.45, 2.75) is 109 Å². The number of anilines is 1. The van der Waals surface area contributed by atoms with Gasteiger partial charge in [-0.05, 0) is 110 Å². The highest BCUT2D eigenvalue weighted by atomic mass is 35.5. The van der Waals surface area contributed by atoms with Crippen molar-refractivity contribution in [2.24, 2.45) is 11.3 Å². The number of carbonyl (C=O) groups is 1. The molecule has 0 amide bonds. The summed E-state index contributed by atoms with van der Waals surface area (Å²) in [5.74, 6) is 1.05. The third kappa shape index (κ3) is 9.16. The zero-order chi connectivity index (χ0) is 32.1. The van der Waals surface area contributed by atoms with Gasteiger partial charge in [0.1, 0.15) is 11.4 Å². The minimum absolute atomic E-state index is 0.159. The number of ether oxygens (including phenoxy) is 3. The minimum Gasteiger partial charge on any atom is -0.458 e. The van der Waals surface area contributed by atoms with Crippen LogP contribution in [0, 0.1) is 22.7 Å². The molecule has 9 nitrogen and oxygen atoms in total. The molecule has 2 N–H and O–H groups in total. The van der Waals surface area contributed by atoms with Crippen molar-refractivity contribution >= 4 is 23.4 Å². The molecule has 2 aromatic heterocycles. The lowest BCUT2D eigenvalue weighted by Crippen LogP contribution is -2.43. The van der Waals surface area contributed by atoms with Crippen LogP contribution >= 0.6 is 11.6 Å². The Labute approximate surface area is 272 Å². The van der Waals surface area contributed by atoms with Gasteiger partial charge in [0.15, 0.2) is 5.60 Å². The van der Waals surface area contributed by atoms with Crippen molar-refractivity contribution in [2.75, 3.05) is 31.7 Å². The van der Waals surface area contributed by atoms with Crippen molar-refractivity contribution in [1.82, 2.24) is 15.3 Å². The number of carbonyl (C=O) groups excluding carboxylic acids is 1. The van der Waals surface area contributed by atoms with Gasteiger partial charge < -0.3 is 24.8 Å². The first-order chi connectivity index (χ1) is 21.5. The molecule has 3 fully saturated rings. The van der Waals surface area contributed by atoms with Crippen LogP contribution < -0.4 is 10.6 Å². The van der Waals surface area contributed by atoms with Crippen LogP contribution in [0.2, 0.25) is 5.02 Å². The van der Waals surface area contributed by atoms with E-state index in [4.69, 9.17) is 30.8 Å². The number of esters is 1. The molecule has 244 valence electrons. The number of nitrogens with zero attached hydrogens (tertiary/aromatic N) is 3. The lowest BCUT2D eigenvalue weighted by molar-refractivity contribution is -0.172. The van der Waals surface area contributed by atoms with Gasteiger partial charge in [-0.15, -0.1) is 0 Å². The van der Waals surface area contributed by atoms with Gasteiger partial charge >= 0.3 is 5.97 Å². The zero-order valence-corrected chi connectivity index (χ0v) is 27.9. The van der Waals surface area contributed by atoms with E-state index in [2.05, 4.69) is 34.7 Å². The van der Waals surface area contributed by atoms with E-state index in [-0.39, 0.29) is 12.0 Å². The number of rotatable bonds is 12. The predicted molar refractivity (Wildman–Crippen MR) is 175 cm³/mol. The number of aromatic nitrogens is 2. The van der Waals surface area contributed by atoms with Gasteiger partial charge in [-0.1, -0.05) is 17.7 Å². The number of halogens is 1. The molecule has 1 aliphatic heterocycles. The molecule has 1 saturated heterocycles. The van der Waals surface area contributed by atoms with Crippen molar-refractivity contribution in [3.8, 4) is 17.3 Å². The molecule has 3 heterocycles. The Kier molecular flexibility index (Phi) is 10.7. The van der Waals surface area contributed by atoms with Crippen LogP contribution in [0.25, 0.3) is 11.3 Å². The van der Waals surface area contributed by atoms with Crippen LogP contribution in [0.15, 0.2) is 30.5 Å². The van der Waals surface area contributed by atoms with Crippen molar-refractivity contribution in [1.29, 1.82) is 5.26 Å². The van der Waals surface area contributed by atoms with Gasteiger partial charge in [0.05, 0.1) is 28.8 Å². The summed E-state index contributed by atoms with van der Waals surface area (Å²) in [6, 6.07) is 11.0. The number of hydrogen-bond acceptors (Lipinski definition) is 9. The fourth-order valence-corrected chi connectivity index (χ4v) is 6.48. The highest BCUT2D eigenvalue weighted by Crippen LogP contribution is 2.42. The van der Waals surface area contributed by atoms with Crippen molar-refractivity contribution in [3.05, 3.63) is 41.2 Å². The summed E-state index contributed by atoms with van der Waals surface area (Å²) in [6.07, 6.45) is 9.98. The summed E-state index contributed by atoms with van der Waals surface area (Å²) in [5.41, 5.74) is 0.999. The predicted octanol–water partition coefficient (Wildman–Crippen LogP) is 6.50. The van der Waals surface area contributed by atoms with Crippen LogP contribution in [0.1, 0.15) is 84.8 Å². The SMILES string of the molecule is C[C@H](COC1(C(=O)OC(C)(C)C)CC1)NC1CCC(Cc2cc(-c3cccc(NCC4(C#N)CCOCC4)n3)c(Cl)cn2)CC1. The minimum atomic E-state index is -0.746. The molecule has 45 heavy (non-hydrogen) atoms. The van der Waals surface area contributed by atoms with Gasteiger partial charge in [-0.3, -0.25) is 4.98 Å². The van der Waals surface area contributed by atoms with Crippen LogP contribution in [0.5, 0.6) is 0 Å². The van der Waals surface area contributed by atoms with E-state index in [9.17, 15) is 10.1 Å². The average molecular weight is 638 g/mol. The Morgan fingerprint density at radius 1 is 1.18 bits per heavy atom. The van der Waals surface area contributed by atoms with Crippen LogP contribution in [0.3, 0.4) is 0 Å². The molecular weight excluding hydrogens is 590 g/mol. The second-order valence-corrected chi connectivity index (χ2v) is 14.6. The third-order valence-electron chi connectivity index (χ3n) is 9.18. The second-order valence-electron chi connectivity index (χ2n) is 14.2. The summed E-state index contributed by atoms with van der Waals surface area (Å²) in [6.45, 7) is 10.1. The molecular formula is C35H48ClN5O4. The molecule has 3 aliphatic rings. The number of pyridine rings is 2. The Hall–Kier alpha value is -2.77. The molecule has 2 saturated carbocycles. The first kappa shape index (κ1) is 33.6. The second kappa shape index (κ2) is 14.3. The number of hydrogen-bond donors (Lipinski definition) is 2. The molecule has 0 aromatic carbocycles. The first-order valence-corrected chi connectivity index (χ1v) is 16.8. The van der Waals surface area contributed by atoms with E-state index < -0.39 is 16.6 Å². The standard InChI is InChI=1S/C35H48ClN5O4/c1-24(21-44-35(12-13-35)32(42)45-33(2,3)4)40-26-10-8-25(9-11-26)18-27-19-28(29(36)20-38-27)30-6-5-7-31(41-30)39-23-34(22-37)14-16-43-17-15-34/h5-7,19-20,24-26,40H,8-18,21,23H2,1-4H3,(H,39,41)/t24-,25?,26?/m1/s1. The van der Waals surface area contributed by atoms with Crippen molar-refractivity contribution in [3.63, 3.8) is 0 Å². The summed E-state index contributed by atoms with van der Waals surface area (Å²) in [4.78, 5) is 22.1. The Balaban J connectivity index is 1.10. The highest BCUT2D eigenvalue weighted by molar-refractivity contribution is 6.33. The third-order valence-corrected chi connectivity index (χ3v) is 9.48. The topological polar surface area (TPSA) is 118 Å². The molecule has 0 bridgehead atoms. The maximum atomic E-state index is 12.6. The molecule has 1 atom stereocenters. The van der Waals surface area contributed by atoms with Gasteiger partial charge in [0.25, 0.3) is 0 Å². The number of nitriles is 1. The van der Waals surface area contributed by atoms with Crippen molar-refractivity contribution < 1.29 is 19.0 Å². The van der Waals surface area contributed by atoms with Gasteiger partial charge in [0, 0.05) is 49.3 Å². The quantitative estimate of drug-likeness (QED) is 0.251. The normalized spacial score (nSPS) is 23.0. The van der Waals surface area contributed by atoms with E-state index in [0.29, 0.717) is 43.3 Å².